The fraction of sp³-hybridized carbons (Fsp3) is 0.625. The van der Waals surface area contributed by atoms with Crippen LogP contribution in [0.1, 0.15) is 39.0 Å². The lowest BCUT2D eigenvalue weighted by Gasteiger charge is -2.38. The number of carbonyl (C=O) groups excluding carboxylic acids is 1. The number of hydrogen-bond donors (Lipinski definition) is 4. The van der Waals surface area contributed by atoms with Crippen molar-refractivity contribution in [2.45, 2.75) is 50.7 Å². The van der Waals surface area contributed by atoms with Crippen LogP contribution in [0.2, 0.25) is 0 Å². The van der Waals surface area contributed by atoms with Gasteiger partial charge in [0, 0.05) is 6.42 Å². The first-order chi connectivity index (χ1) is 10.5. The van der Waals surface area contributed by atoms with Gasteiger partial charge in [0.1, 0.15) is 11.5 Å². The number of nitrogens with two attached hydrogens (primary N) is 1. The van der Waals surface area contributed by atoms with Crippen molar-refractivity contribution < 1.29 is 19.8 Å². The minimum absolute atomic E-state index is 0.176. The van der Waals surface area contributed by atoms with Gasteiger partial charge in [-0.3, -0.25) is 9.59 Å². The van der Waals surface area contributed by atoms with Crippen molar-refractivity contribution in [2.24, 2.45) is 11.7 Å². The molecule has 0 aromatic carbocycles. The first kappa shape index (κ1) is 18.4. The molecule has 0 saturated carbocycles. The van der Waals surface area contributed by atoms with Crippen LogP contribution in [0.25, 0.3) is 0 Å². The molecule has 1 aliphatic rings. The Morgan fingerprint density at radius 1 is 1.32 bits per heavy atom. The number of hydrogen-bond acceptors (Lipinski definition) is 4. The molecule has 0 saturated heterocycles. The number of aliphatic hydroxyl groups is 1. The number of amides is 1. The summed E-state index contributed by atoms with van der Waals surface area (Å²) in [5.41, 5.74) is 3.79. The molecular formula is C16H26N2O4. The molecular weight excluding hydrogens is 284 g/mol. The van der Waals surface area contributed by atoms with Gasteiger partial charge in [0.2, 0.25) is 5.91 Å². The van der Waals surface area contributed by atoms with Gasteiger partial charge in [-0.2, -0.15) is 0 Å². The van der Waals surface area contributed by atoms with Gasteiger partial charge >= 0.3 is 5.97 Å². The second-order valence-electron chi connectivity index (χ2n) is 5.57. The largest absolute Gasteiger partial charge is 0.481 e. The van der Waals surface area contributed by atoms with Gasteiger partial charge in [0.15, 0.2) is 0 Å². The molecule has 0 radical (unpaired) electrons. The zero-order valence-electron chi connectivity index (χ0n) is 13.0. The molecule has 0 bridgehead atoms. The van der Waals surface area contributed by atoms with Crippen molar-refractivity contribution in [3.63, 3.8) is 0 Å². The molecule has 0 fully saturated rings. The molecule has 0 aromatic heterocycles. The Balaban J connectivity index is 2.69. The van der Waals surface area contributed by atoms with E-state index in [0.717, 1.165) is 19.3 Å². The molecule has 6 nitrogen and oxygen atoms in total. The van der Waals surface area contributed by atoms with Gasteiger partial charge in [0.25, 0.3) is 0 Å². The zero-order valence-corrected chi connectivity index (χ0v) is 13.0. The highest BCUT2D eigenvalue weighted by molar-refractivity contribution is 5.78. The summed E-state index contributed by atoms with van der Waals surface area (Å²) >= 11 is 0. The molecule has 124 valence electrons. The molecule has 0 spiro atoms. The lowest BCUT2D eigenvalue weighted by molar-refractivity contribution is -0.148. The van der Waals surface area contributed by atoms with E-state index in [9.17, 15) is 19.8 Å². The van der Waals surface area contributed by atoms with E-state index < -0.39 is 23.5 Å². The van der Waals surface area contributed by atoms with Crippen LogP contribution in [0, 0.1) is 5.92 Å². The van der Waals surface area contributed by atoms with Crippen LogP contribution in [0.5, 0.6) is 0 Å². The lowest BCUT2D eigenvalue weighted by atomic mass is 9.77. The predicted molar refractivity (Wildman–Crippen MR) is 84.1 cm³/mol. The van der Waals surface area contributed by atoms with Gasteiger partial charge in [-0.15, -0.1) is 0 Å². The third-order valence-electron chi connectivity index (χ3n) is 3.95. The Hall–Kier alpha value is -1.66. The van der Waals surface area contributed by atoms with E-state index >= 15 is 0 Å². The summed E-state index contributed by atoms with van der Waals surface area (Å²) < 4.78 is 0. The van der Waals surface area contributed by atoms with Crippen LogP contribution in [-0.2, 0) is 9.59 Å². The third kappa shape index (κ3) is 4.68. The average Bonchev–Trinajstić information content (AvgIpc) is 2.49. The number of nitrogens with one attached hydrogen (secondary N) is 1. The molecule has 0 heterocycles. The van der Waals surface area contributed by atoms with Crippen LogP contribution in [0.15, 0.2) is 24.3 Å². The first-order valence-electron chi connectivity index (χ1n) is 7.76. The number of carbonyl (C=O) groups is 2. The first-order valence-corrected chi connectivity index (χ1v) is 7.76. The fourth-order valence-corrected chi connectivity index (χ4v) is 2.67. The highest BCUT2D eigenvalue weighted by Gasteiger charge is 2.45. The maximum absolute atomic E-state index is 12.0. The summed E-state index contributed by atoms with van der Waals surface area (Å²) in [6.07, 6.45) is 9.37. The average molecular weight is 310 g/mol. The lowest BCUT2D eigenvalue weighted by Crippen LogP contribution is -2.57. The standard InChI is InChI=1S/C16H26N2O4/c1-2-13(18-14(19)9-4-3-7-11-17)16(22)10-6-5-8-12(16)15(20)21/h5-6,8,10,12-13,22H,2-4,7,9,11,17H2,1H3,(H,18,19)(H,20,21). The van der Waals surface area contributed by atoms with Crippen molar-refractivity contribution in [3.05, 3.63) is 24.3 Å². The molecule has 3 unspecified atom stereocenters. The summed E-state index contributed by atoms with van der Waals surface area (Å²) in [6, 6.07) is -0.642. The van der Waals surface area contributed by atoms with Crippen LogP contribution in [-0.4, -0.2) is 40.3 Å². The maximum atomic E-state index is 12.0. The highest BCUT2D eigenvalue weighted by atomic mass is 16.4. The molecule has 5 N–H and O–H groups in total. The van der Waals surface area contributed by atoms with Crippen LogP contribution >= 0.6 is 0 Å². The van der Waals surface area contributed by atoms with E-state index in [0.29, 0.717) is 19.4 Å². The number of rotatable bonds is 9. The van der Waals surface area contributed by atoms with Gasteiger partial charge in [-0.1, -0.05) is 31.6 Å². The molecule has 3 atom stereocenters. The molecule has 0 aliphatic heterocycles. The van der Waals surface area contributed by atoms with Crippen LogP contribution in [0.3, 0.4) is 0 Å². The molecule has 0 aromatic rings. The van der Waals surface area contributed by atoms with Gasteiger partial charge < -0.3 is 21.3 Å². The van der Waals surface area contributed by atoms with E-state index in [1.54, 1.807) is 12.2 Å². The van der Waals surface area contributed by atoms with Gasteiger partial charge in [-0.05, 0) is 31.9 Å². The molecule has 1 aliphatic carbocycles. The van der Waals surface area contributed by atoms with E-state index in [-0.39, 0.29) is 5.91 Å². The van der Waals surface area contributed by atoms with Gasteiger partial charge in [0.05, 0.1) is 6.04 Å². The molecule has 6 heteroatoms. The predicted octanol–water partition coefficient (Wildman–Crippen LogP) is 0.958. The summed E-state index contributed by atoms with van der Waals surface area (Å²) in [5, 5.41) is 22.8. The van der Waals surface area contributed by atoms with Crippen molar-refractivity contribution in [1.82, 2.24) is 5.32 Å². The van der Waals surface area contributed by atoms with Crippen LogP contribution < -0.4 is 11.1 Å². The summed E-state index contributed by atoms with van der Waals surface area (Å²) in [6.45, 7) is 2.42. The monoisotopic (exact) mass is 310 g/mol. The number of aliphatic carboxylic acids is 1. The third-order valence-corrected chi connectivity index (χ3v) is 3.95. The molecule has 22 heavy (non-hydrogen) atoms. The Morgan fingerprint density at radius 3 is 2.64 bits per heavy atom. The van der Waals surface area contributed by atoms with E-state index in [4.69, 9.17) is 5.73 Å². The Labute approximate surface area is 131 Å². The van der Waals surface area contributed by atoms with E-state index in [2.05, 4.69) is 5.32 Å². The zero-order chi connectivity index (χ0) is 16.6. The van der Waals surface area contributed by atoms with Crippen molar-refractivity contribution in [2.75, 3.05) is 6.54 Å². The van der Waals surface area contributed by atoms with Crippen molar-refractivity contribution in [1.29, 1.82) is 0 Å². The molecule has 1 rings (SSSR count). The minimum Gasteiger partial charge on any atom is -0.481 e. The van der Waals surface area contributed by atoms with E-state index in [1.807, 2.05) is 6.92 Å². The van der Waals surface area contributed by atoms with Crippen LogP contribution in [0.4, 0.5) is 0 Å². The number of allylic oxidation sites excluding steroid dienone is 2. The van der Waals surface area contributed by atoms with Crippen molar-refractivity contribution in [3.8, 4) is 0 Å². The maximum Gasteiger partial charge on any atom is 0.313 e. The fourth-order valence-electron chi connectivity index (χ4n) is 2.67. The van der Waals surface area contributed by atoms with Crippen molar-refractivity contribution >= 4 is 11.9 Å². The Morgan fingerprint density at radius 2 is 2.05 bits per heavy atom. The minimum atomic E-state index is -1.61. The Kier molecular flexibility index (Phi) is 7.27. The highest BCUT2D eigenvalue weighted by Crippen LogP contribution is 2.30. The SMILES string of the molecule is CCC(NC(=O)CCCCCN)C1(O)C=CC=CC1C(=O)O. The second-order valence-corrected chi connectivity index (χ2v) is 5.57. The number of unbranched alkanes of at least 4 members (excludes halogenated alkanes) is 2. The summed E-state index contributed by atoms with van der Waals surface area (Å²) in [4.78, 5) is 23.3. The number of carboxylic acid groups (broad SMARTS) is 1. The topological polar surface area (TPSA) is 113 Å². The normalized spacial score (nSPS) is 25.0. The van der Waals surface area contributed by atoms with E-state index in [1.165, 1.54) is 12.2 Å². The summed E-state index contributed by atoms with van der Waals surface area (Å²) in [7, 11) is 0. The molecule has 1 amide bonds. The van der Waals surface area contributed by atoms with Gasteiger partial charge in [-0.25, -0.2) is 0 Å². The number of carboxylic acids is 1. The quantitative estimate of drug-likeness (QED) is 0.474. The summed E-state index contributed by atoms with van der Waals surface area (Å²) in [5.74, 6) is -2.36. The smallest absolute Gasteiger partial charge is 0.313 e. The Bertz CT molecular complexity index is 447. The second kappa shape index (κ2) is 8.70.